The number of rotatable bonds is 4. The Morgan fingerprint density at radius 1 is 1.41 bits per heavy atom. The van der Waals surface area contributed by atoms with Crippen LogP contribution >= 0.6 is 11.8 Å². The maximum Gasteiger partial charge on any atom is 0.0635 e. The van der Waals surface area contributed by atoms with E-state index in [-0.39, 0.29) is 12.6 Å². The first-order valence-corrected chi connectivity index (χ1v) is 7.32. The number of aryl methyl sites for hydroxylation is 1. The van der Waals surface area contributed by atoms with Crippen LogP contribution in [-0.4, -0.2) is 23.5 Å². The Morgan fingerprint density at radius 3 is 2.94 bits per heavy atom. The number of aliphatic hydroxyl groups is 1. The lowest BCUT2D eigenvalue weighted by Crippen LogP contribution is -2.29. The van der Waals surface area contributed by atoms with Crippen molar-refractivity contribution in [1.29, 1.82) is 0 Å². The molecule has 0 saturated carbocycles. The van der Waals surface area contributed by atoms with E-state index >= 15 is 0 Å². The highest BCUT2D eigenvalue weighted by Gasteiger charge is 2.14. The molecule has 17 heavy (non-hydrogen) atoms. The Bertz CT molecular complexity index is 378. The second-order valence-electron chi connectivity index (χ2n) is 4.95. The summed E-state index contributed by atoms with van der Waals surface area (Å²) in [5, 5.41) is 12.7. The number of hydrogen-bond donors (Lipinski definition) is 2. The summed E-state index contributed by atoms with van der Waals surface area (Å²) in [5.74, 6) is 1.68. The summed E-state index contributed by atoms with van der Waals surface area (Å²) >= 11 is 1.95. The molecule has 0 saturated heterocycles. The zero-order chi connectivity index (χ0) is 12.3. The Labute approximate surface area is 108 Å². The number of fused-ring (bicyclic) bond motifs is 1. The van der Waals surface area contributed by atoms with Gasteiger partial charge in [-0.15, -0.1) is 11.8 Å². The Hall–Kier alpha value is -0.670. The van der Waals surface area contributed by atoms with Gasteiger partial charge in [0, 0.05) is 10.6 Å². The maximum atomic E-state index is 9.33. The molecule has 3 heteroatoms. The molecule has 0 aromatic heterocycles. The number of benzene rings is 1. The zero-order valence-electron chi connectivity index (χ0n) is 10.6. The van der Waals surface area contributed by atoms with Crippen molar-refractivity contribution < 1.29 is 5.11 Å². The second kappa shape index (κ2) is 5.78. The molecule has 0 fully saturated rings. The lowest BCUT2D eigenvalue weighted by Gasteiger charge is -2.23. The van der Waals surface area contributed by atoms with Gasteiger partial charge in [-0.25, -0.2) is 0 Å². The van der Waals surface area contributed by atoms with Gasteiger partial charge in [0.15, 0.2) is 0 Å². The zero-order valence-corrected chi connectivity index (χ0v) is 11.4. The molecule has 0 amide bonds. The first-order valence-electron chi connectivity index (χ1n) is 6.34. The van der Waals surface area contributed by atoms with E-state index in [1.54, 1.807) is 0 Å². The molecule has 1 heterocycles. The van der Waals surface area contributed by atoms with Gasteiger partial charge in [0.05, 0.1) is 12.6 Å². The predicted octanol–water partition coefficient (Wildman–Crippen LogP) is 3.15. The molecule has 1 atom stereocenters. The van der Waals surface area contributed by atoms with E-state index in [1.165, 1.54) is 29.1 Å². The molecule has 1 aliphatic rings. The molecule has 0 aliphatic carbocycles. The number of aliphatic hydroxyl groups excluding tert-OH is 1. The Kier molecular flexibility index (Phi) is 4.35. The highest BCUT2D eigenvalue weighted by Crippen LogP contribution is 2.32. The van der Waals surface area contributed by atoms with Crippen molar-refractivity contribution in [2.24, 2.45) is 5.92 Å². The first-order chi connectivity index (χ1) is 8.20. The van der Waals surface area contributed by atoms with Gasteiger partial charge in [0.1, 0.15) is 0 Å². The van der Waals surface area contributed by atoms with Gasteiger partial charge >= 0.3 is 0 Å². The highest BCUT2D eigenvalue weighted by molar-refractivity contribution is 7.99. The maximum absolute atomic E-state index is 9.33. The summed E-state index contributed by atoms with van der Waals surface area (Å²) < 4.78 is 0. The van der Waals surface area contributed by atoms with Crippen LogP contribution in [0.1, 0.15) is 25.8 Å². The summed E-state index contributed by atoms with van der Waals surface area (Å²) in [6.45, 7) is 4.44. The molecule has 1 aromatic carbocycles. The monoisotopic (exact) mass is 251 g/mol. The molecular weight excluding hydrogens is 230 g/mol. The Balaban J connectivity index is 2.11. The molecule has 0 radical (unpaired) electrons. The van der Waals surface area contributed by atoms with Crippen molar-refractivity contribution in [3.8, 4) is 0 Å². The summed E-state index contributed by atoms with van der Waals surface area (Å²) in [5.41, 5.74) is 2.59. The van der Waals surface area contributed by atoms with E-state index in [0.717, 1.165) is 5.69 Å². The van der Waals surface area contributed by atoms with Crippen molar-refractivity contribution in [2.45, 2.75) is 37.6 Å². The summed E-state index contributed by atoms with van der Waals surface area (Å²) in [4.78, 5) is 1.42. The molecule has 2 N–H and O–H groups in total. The van der Waals surface area contributed by atoms with Crippen LogP contribution in [0.4, 0.5) is 5.69 Å². The van der Waals surface area contributed by atoms with Crippen molar-refractivity contribution in [2.75, 3.05) is 17.7 Å². The third kappa shape index (κ3) is 3.17. The molecular formula is C14H21NOS. The largest absolute Gasteiger partial charge is 0.394 e. The van der Waals surface area contributed by atoms with Gasteiger partial charge in [0.2, 0.25) is 0 Å². The van der Waals surface area contributed by atoms with Crippen LogP contribution in [-0.2, 0) is 6.42 Å². The second-order valence-corrected chi connectivity index (χ2v) is 6.09. The average Bonchev–Trinajstić information content (AvgIpc) is 2.35. The summed E-state index contributed by atoms with van der Waals surface area (Å²) in [6, 6.07) is 6.72. The number of thioether (sulfide) groups is 1. The van der Waals surface area contributed by atoms with Crippen LogP contribution < -0.4 is 5.32 Å². The van der Waals surface area contributed by atoms with E-state index in [0.29, 0.717) is 5.92 Å². The minimum atomic E-state index is 0.143. The van der Waals surface area contributed by atoms with Crippen LogP contribution in [0.15, 0.2) is 23.1 Å². The fourth-order valence-corrected chi connectivity index (χ4v) is 3.11. The van der Waals surface area contributed by atoms with Crippen LogP contribution in [0.5, 0.6) is 0 Å². The van der Waals surface area contributed by atoms with Crippen molar-refractivity contribution in [3.05, 3.63) is 23.8 Å². The molecule has 0 spiro atoms. The van der Waals surface area contributed by atoms with Crippen molar-refractivity contribution in [1.82, 2.24) is 0 Å². The van der Waals surface area contributed by atoms with E-state index in [9.17, 15) is 5.11 Å². The SMILES string of the molecule is CC(C)C(CO)Nc1ccc2c(c1)CCCS2. The molecule has 2 nitrogen and oxygen atoms in total. The van der Waals surface area contributed by atoms with Crippen LogP contribution in [0, 0.1) is 5.92 Å². The van der Waals surface area contributed by atoms with E-state index in [2.05, 4.69) is 37.4 Å². The fourth-order valence-electron chi connectivity index (χ4n) is 2.09. The van der Waals surface area contributed by atoms with Crippen molar-refractivity contribution in [3.63, 3.8) is 0 Å². The van der Waals surface area contributed by atoms with Crippen LogP contribution in [0.3, 0.4) is 0 Å². The predicted molar refractivity (Wildman–Crippen MR) is 74.8 cm³/mol. The van der Waals surface area contributed by atoms with Gasteiger partial charge in [-0.1, -0.05) is 13.8 Å². The van der Waals surface area contributed by atoms with Gasteiger partial charge in [-0.05, 0) is 48.3 Å². The van der Waals surface area contributed by atoms with E-state index in [4.69, 9.17) is 0 Å². The van der Waals surface area contributed by atoms with E-state index in [1.807, 2.05) is 11.8 Å². The average molecular weight is 251 g/mol. The molecule has 0 bridgehead atoms. The molecule has 94 valence electrons. The number of hydrogen-bond acceptors (Lipinski definition) is 3. The molecule has 2 rings (SSSR count). The van der Waals surface area contributed by atoms with Gasteiger partial charge < -0.3 is 10.4 Å². The summed E-state index contributed by atoms with van der Waals surface area (Å²) in [6.07, 6.45) is 2.46. The number of nitrogens with one attached hydrogen (secondary N) is 1. The third-order valence-corrected chi connectivity index (χ3v) is 4.46. The lowest BCUT2D eigenvalue weighted by molar-refractivity contribution is 0.249. The molecule has 1 aliphatic heterocycles. The minimum absolute atomic E-state index is 0.143. The van der Waals surface area contributed by atoms with Crippen LogP contribution in [0.25, 0.3) is 0 Å². The fraction of sp³-hybridized carbons (Fsp3) is 0.571. The summed E-state index contributed by atoms with van der Waals surface area (Å²) in [7, 11) is 0. The lowest BCUT2D eigenvalue weighted by atomic mass is 10.0. The van der Waals surface area contributed by atoms with Crippen molar-refractivity contribution >= 4 is 17.4 Å². The van der Waals surface area contributed by atoms with Crippen LogP contribution in [0.2, 0.25) is 0 Å². The first kappa shape index (κ1) is 12.8. The smallest absolute Gasteiger partial charge is 0.0635 e. The molecule has 1 unspecified atom stereocenters. The quantitative estimate of drug-likeness (QED) is 0.862. The Morgan fingerprint density at radius 2 is 2.24 bits per heavy atom. The molecule has 1 aromatic rings. The van der Waals surface area contributed by atoms with Gasteiger partial charge in [-0.2, -0.15) is 0 Å². The minimum Gasteiger partial charge on any atom is -0.394 e. The number of anilines is 1. The standard InChI is InChI=1S/C14H21NOS/c1-10(2)13(9-16)15-12-5-6-14-11(8-12)4-3-7-17-14/h5-6,8,10,13,15-16H,3-4,7,9H2,1-2H3. The van der Waals surface area contributed by atoms with Gasteiger partial charge in [-0.3, -0.25) is 0 Å². The van der Waals surface area contributed by atoms with E-state index < -0.39 is 0 Å². The highest BCUT2D eigenvalue weighted by atomic mass is 32.2. The normalized spacial score (nSPS) is 16.7. The topological polar surface area (TPSA) is 32.3 Å². The van der Waals surface area contributed by atoms with Gasteiger partial charge in [0.25, 0.3) is 0 Å². The third-order valence-electron chi connectivity index (χ3n) is 3.26.